The molecule has 0 heterocycles. The van der Waals surface area contributed by atoms with Gasteiger partial charge in [-0.2, -0.15) is 0 Å². The van der Waals surface area contributed by atoms with Gasteiger partial charge in [0.15, 0.2) is 0 Å². The zero-order valence-corrected chi connectivity index (χ0v) is 12.5. The fraction of sp³-hybridized carbons (Fsp3) is 0.444. The molecule has 0 aliphatic heterocycles. The van der Waals surface area contributed by atoms with Crippen molar-refractivity contribution in [1.82, 2.24) is 5.32 Å². The van der Waals surface area contributed by atoms with Gasteiger partial charge in [-0.25, -0.2) is 0 Å². The lowest BCUT2D eigenvalue weighted by Gasteiger charge is -2.27. The molecule has 1 atom stereocenters. The first-order chi connectivity index (χ1) is 8.98. The molecule has 2 rings (SSSR count). The molecule has 1 nitrogen and oxygen atoms in total. The lowest BCUT2D eigenvalue weighted by Crippen LogP contribution is -2.29. The van der Waals surface area contributed by atoms with Crippen LogP contribution in [0, 0.1) is 11.3 Å². The summed E-state index contributed by atoms with van der Waals surface area (Å²) in [7, 11) is 0. The lowest BCUT2D eigenvalue weighted by atomic mass is 9.82. The molecule has 19 heavy (non-hydrogen) atoms. The third kappa shape index (κ3) is 3.57. The van der Waals surface area contributed by atoms with Crippen LogP contribution in [0.5, 0.6) is 0 Å². The molecule has 1 heteroatoms. The van der Waals surface area contributed by atoms with Crippen LogP contribution in [-0.4, -0.2) is 6.54 Å². The highest BCUT2D eigenvalue weighted by molar-refractivity contribution is 5.85. The Morgan fingerprint density at radius 2 is 1.68 bits per heavy atom. The highest BCUT2D eigenvalue weighted by Gasteiger charge is 2.19. The Morgan fingerprint density at radius 1 is 1.00 bits per heavy atom. The van der Waals surface area contributed by atoms with E-state index in [-0.39, 0.29) is 0 Å². The van der Waals surface area contributed by atoms with E-state index in [4.69, 9.17) is 0 Å². The second-order valence-electron chi connectivity index (χ2n) is 6.54. The molecule has 0 aromatic heterocycles. The Bertz CT molecular complexity index is 531. The molecular weight excluding hydrogens is 230 g/mol. The summed E-state index contributed by atoms with van der Waals surface area (Å²) in [6.07, 6.45) is 0. The third-order valence-electron chi connectivity index (χ3n) is 4.12. The zero-order valence-electron chi connectivity index (χ0n) is 12.5. The second kappa shape index (κ2) is 5.75. The molecule has 0 aliphatic carbocycles. The number of benzene rings is 2. The summed E-state index contributed by atoms with van der Waals surface area (Å²) in [5.41, 5.74) is 1.75. The van der Waals surface area contributed by atoms with E-state index < -0.39 is 0 Å². The Hall–Kier alpha value is -1.34. The molecule has 0 aliphatic rings. The monoisotopic (exact) mass is 255 g/mol. The van der Waals surface area contributed by atoms with Crippen LogP contribution in [0.1, 0.15) is 33.3 Å². The van der Waals surface area contributed by atoms with E-state index in [1.165, 1.54) is 16.3 Å². The van der Waals surface area contributed by atoms with Crippen molar-refractivity contribution in [3.05, 3.63) is 48.0 Å². The normalized spacial score (nSPS) is 13.7. The third-order valence-corrected chi connectivity index (χ3v) is 4.12. The van der Waals surface area contributed by atoms with Crippen LogP contribution in [0.25, 0.3) is 10.8 Å². The van der Waals surface area contributed by atoms with E-state index in [0.29, 0.717) is 11.3 Å². The predicted molar refractivity (Wildman–Crippen MR) is 84.3 cm³/mol. The largest absolute Gasteiger partial charge is 0.312 e. The molecule has 0 bridgehead atoms. The first kappa shape index (κ1) is 14.1. The minimum atomic E-state index is 0.367. The highest BCUT2D eigenvalue weighted by Crippen LogP contribution is 2.24. The van der Waals surface area contributed by atoms with Gasteiger partial charge in [0.2, 0.25) is 0 Å². The molecule has 0 amide bonds. The van der Waals surface area contributed by atoms with Crippen molar-refractivity contribution in [2.45, 2.75) is 34.2 Å². The van der Waals surface area contributed by atoms with Gasteiger partial charge in [0.25, 0.3) is 0 Å². The second-order valence-corrected chi connectivity index (χ2v) is 6.54. The van der Waals surface area contributed by atoms with Crippen LogP contribution in [0.3, 0.4) is 0 Å². The van der Waals surface area contributed by atoms with Crippen molar-refractivity contribution in [3.63, 3.8) is 0 Å². The molecule has 1 unspecified atom stereocenters. The van der Waals surface area contributed by atoms with Crippen molar-refractivity contribution in [3.8, 4) is 0 Å². The van der Waals surface area contributed by atoms with Crippen LogP contribution in [0.4, 0.5) is 0 Å². The maximum Gasteiger partial charge on any atom is 0.0211 e. The van der Waals surface area contributed by atoms with Gasteiger partial charge in [0, 0.05) is 6.54 Å². The van der Waals surface area contributed by atoms with Gasteiger partial charge in [-0.1, -0.05) is 70.2 Å². The van der Waals surface area contributed by atoms with Gasteiger partial charge in [-0.15, -0.1) is 0 Å². The van der Waals surface area contributed by atoms with E-state index in [1.54, 1.807) is 0 Å². The number of nitrogens with one attached hydrogen (secondary N) is 1. The number of rotatable bonds is 4. The molecular formula is C18H25N. The molecule has 2 aromatic rings. The van der Waals surface area contributed by atoms with Crippen LogP contribution in [0.15, 0.2) is 42.5 Å². The summed E-state index contributed by atoms with van der Waals surface area (Å²) in [5, 5.41) is 6.29. The van der Waals surface area contributed by atoms with Gasteiger partial charge < -0.3 is 5.32 Å². The topological polar surface area (TPSA) is 12.0 Å². The van der Waals surface area contributed by atoms with Gasteiger partial charge >= 0.3 is 0 Å². The molecule has 0 radical (unpaired) electrons. The van der Waals surface area contributed by atoms with Crippen molar-refractivity contribution in [2.75, 3.05) is 6.54 Å². The fourth-order valence-corrected chi connectivity index (χ4v) is 2.18. The summed E-state index contributed by atoms with van der Waals surface area (Å²) >= 11 is 0. The van der Waals surface area contributed by atoms with E-state index in [2.05, 4.69) is 75.5 Å². The van der Waals surface area contributed by atoms with Crippen LogP contribution >= 0.6 is 0 Å². The van der Waals surface area contributed by atoms with E-state index >= 15 is 0 Å². The van der Waals surface area contributed by atoms with Crippen molar-refractivity contribution in [2.24, 2.45) is 11.3 Å². The van der Waals surface area contributed by atoms with E-state index in [1.807, 2.05) is 0 Å². The van der Waals surface area contributed by atoms with Crippen molar-refractivity contribution >= 4 is 10.8 Å². The zero-order chi connectivity index (χ0) is 13.9. The fourth-order valence-electron chi connectivity index (χ4n) is 2.18. The molecule has 0 spiro atoms. The van der Waals surface area contributed by atoms with Crippen LogP contribution in [0.2, 0.25) is 0 Å². The molecule has 2 aromatic carbocycles. The summed E-state index contributed by atoms with van der Waals surface area (Å²) < 4.78 is 0. The van der Waals surface area contributed by atoms with Crippen molar-refractivity contribution < 1.29 is 0 Å². The first-order valence-electron chi connectivity index (χ1n) is 7.16. The Labute approximate surface area is 117 Å². The summed E-state index contributed by atoms with van der Waals surface area (Å²) in [6.45, 7) is 11.2. The molecule has 0 saturated carbocycles. The SMILES string of the molecule is CC(CNCc1cccc2ccccc12)C(C)(C)C. The Morgan fingerprint density at radius 3 is 2.42 bits per heavy atom. The van der Waals surface area contributed by atoms with Gasteiger partial charge in [-0.3, -0.25) is 0 Å². The first-order valence-corrected chi connectivity index (χ1v) is 7.16. The van der Waals surface area contributed by atoms with Crippen LogP contribution < -0.4 is 5.32 Å². The number of hydrogen-bond donors (Lipinski definition) is 1. The van der Waals surface area contributed by atoms with Crippen LogP contribution in [-0.2, 0) is 6.54 Å². The molecule has 0 fully saturated rings. The predicted octanol–water partition coefficient (Wildman–Crippen LogP) is 4.61. The minimum absolute atomic E-state index is 0.367. The summed E-state index contributed by atoms with van der Waals surface area (Å²) in [4.78, 5) is 0. The summed E-state index contributed by atoms with van der Waals surface area (Å²) in [6, 6.07) is 15.1. The maximum atomic E-state index is 3.60. The quantitative estimate of drug-likeness (QED) is 0.841. The molecule has 102 valence electrons. The average molecular weight is 255 g/mol. The summed E-state index contributed by atoms with van der Waals surface area (Å²) in [5.74, 6) is 0.669. The maximum absolute atomic E-state index is 3.60. The Kier molecular flexibility index (Phi) is 4.26. The van der Waals surface area contributed by atoms with Crippen molar-refractivity contribution in [1.29, 1.82) is 0 Å². The standard InChI is InChI=1S/C18H25N/c1-14(18(2,3)4)12-19-13-16-10-7-9-15-8-5-6-11-17(15)16/h5-11,14,19H,12-13H2,1-4H3. The van der Waals surface area contributed by atoms with Gasteiger partial charge in [0.05, 0.1) is 0 Å². The minimum Gasteiger partial charge on any atom is -0.312 e. The highest BCUT2D eigenvalue weighted by atomic mass is 14.9. The van der Waals surface area contributed by atoms with E-state index in [0.717, 1.165) is 13.1 Å². The van der Waals surface area contributed by atoms with Gasteiger partial charge in [0.1, 0.15) is 0 Å². The average Bonchev–Trinajstić information content (AvgIpc) is 2.38. The Balaban J connectivity index is 2.03. The molecule has 0 saturated heterocycles. The van der Waals surface area contributed by atoms with E-state index in [9.17, 15) is 0 Å². The lowest BCUT2D eigenvalue weighted by molar-refractivity contribution is 0.252. The smallest absolute Gasteiger partial charge is 0.0211 e. The molecule has 1 N–H and O–H groups in total. The van der Waals surface area contributed by atoms with Gasteiger partial charge in [-0.05, 0) is 34.2 Å². The number of hydrogen-bond acceptors (Lipinski definition) is 1. The number of fused-ring (bicyclic) bond motifs is 1.